The third-order valence-corrected chi connectivity index (χ3v) is 3.39. The molecule has 0 aliphatic carbocycles. The van der Waals surface area contributed by atoms with Crippen molar-refractivity contribution in [3.8, 4) is 5.75 Å². The van der Waals surface area contributed by atoms with E-state index in [1.165, 1.54) is 5.56 Å². The van der Waals surface area contributed by atoms with Gasteiger partial charge < -0.3 is 19.7 Å². The number of rotatable bonds is 4. The number of nitrogens with one attached hydrogen (secondary N) is 1. The first kappa shape index (κ1) is 14.2. The molecule has 1 saturated heterocycles. The second-order valence-electron chi connectivity index (χ2n) is 5.20. The predicted octanol–water partition coefficient (Wildman–Crippen LogP) is 2.03. The monoisotopic (exact) mass is 264 g/mol. The predicted molar refractivity (Wildman–Crippen MR) is 78.0 cm³/mol. The van der Waals surface area contributed by atoms with Crippen LogP contribution in [0.2, 0.25) is 0 Å². The molecule has 0 radical (unpaired) electrons. The summed E-state index contributed by atoms with van der Waals surface area (Å²) in [5.41, 5.74) is 2.39. The van der Waals surface area contributed by atoms with Gasteiger partial charge in [0, 0.05) is 19.6 Å². The molecule has 19 heavy (non-hydrogen) atoms. The number of anilines is 1. The van der Waals surface area contributed by atoms with Crippen LogP contribution in [-0.2, 0) is 11.3 Å². The Bertz CT molecular complexity index is 413. The minimum absolute atomic E-state index is 0.255. The zero-order valence-electron chi connectivity index (χ0n) is 12.3. The van der Waals surface area contributed by atoms with Gasteiger partial charge in [0.25, 0.3) is 0 Å². The molecule has 1 aliphatic rings. The lowest BCUT2D eigenvalue weighted by Crippen LogP contribution is -2.45. The summed E-state index contributed by atoms with van der Waals surface area (Å²) in [4.78, 5) is 2.35. The van der Waals surface area contributed by atoms with Crippen LogP contribution >= 0.6 is 0 Å². The Balaban J connectivity index is 2.23. The van der Waals surface area contributed by atoms with Crippen LogP contribution in [0.4, 0.5) is 5.69 Å². The van der Waals surface area contributed by atoms with Gasteiger partial charge in [0.2, 0.25) is 0 Å². The van der Waals surface area contributed by atoms with E-state index in [1.807, 2.05) is 7.05 Å². The molecule has 1 N–H and O–H groups in total. The van der Waals surface area contributed by atoms with Crippen molar-refractivity contribution in [1.82, 2.24) is 5.32 Å². The molecule has 2 unspecified atom stereocenters. The molecule has 2 rings (SSSR count). The highest BCUT2D eigenvalue weighted by Crippen LogP contribution is 2.31. The number of hydrogen-bond acceptors (Lipinski definition) is 4. The Kier molecular flexibility index (Phi) is 4.66. The molecule has 106 valence electrons. The number of nitrogens with zero attached hydrogens (tertiary/aromatic N) is 1. The second kappa shape index (κ2) is 6.26. The first-order valence-corrected chi connectivity index (χ1v) is 6.86. The Labute approximate surface area is 115 Å². The van der Waals surface area contributed by atoms with Crippen molar-refractivity contribution in [1.29, 1.82) is 0 Å². The van der Waals surface area contributed by atoms with Gasteiger partial charge in [0.1, 0.15) is 5.75 Å². The van der Waals surface area contributed by atoms with Gasteiger partial charge in [-0.05, 0) is 38.6 Å². The molecule has 0 bridgehead atoms. The summed E-state index contributed by atoms with van der Waals surface area (Å²) in [5, 5.41) is 3.16. The van der Waals surface area contributed by atoms with Crippen molar-refractivity contribution in [3.05, 3.63) is 23.8 Å². The van der Waals surface area contributed by atoms with E-state index in [0.717, 1.165) is 31.1 Å². The molecule has 1 heterocycles. The van der Waals surface area contributed by atoms with Gasteiger partial charge in [-0.15, -0.1) is 0 Å². The van der Waals surface area contributed by atoms with Crippen LogP contribution in [0.25, 0.3) is 0 Å². The molecular formula is C15H24N2O2. The molecule has 1 aromatic carbocycles. The van der Waals surface area contributed by atoms with Crippen molar-refractivity contribution in [2.45, 2.75) is 32.6 Å². The minimum atomic E-state index is 0.255. The van der Waals surface area contributed by atoms with Gasteiger partial charge in [-0.3, -0.25) is 0 Å². The summed E-state index contributed by atoms with van der Waals surface area (Å²) in [6, 6.07) is 6.41. The highest BCUT2D eigenvalue weighted by molar-refractivity contribution is 5.60. The maximum Gasteiger partial charge on any atom is 0.142 e. The van der Waals surface area contributed by atoms with E-state index in [2.05, 4.69) is 42.3 Å². The Morgan fingerprint density at radius 1 is 1.32 bits per heavy atom. The summed E-state index contributed by atoms with van der Waals surface area (Å²) in [6.07, 6.45) is 0.510. The molecule has 2 atom stereocenters. The molecule has 0 amide bonds. The third kappa shape index (κ3) is 3.39. The highest BCUT2D eigenvalue weighted by Gasteiger charge is 2.24. The van der Waals surface area contributed by atoms with Crippen molar-refractivity contribution < 1.29 is 9.47 Å². The molecule has 0 saturated carbocycles. The summed E-state index contributed by atoms with van der Waals surface area (Å²) in [7, 11) is 3.68. The summed E-state index contributed by atoms with van der Waals surface area (Å²) in [5.74, 6) is 0.939. The van der Waals surface area contributed by atoms with Gasteiger partial charge in [-0.25, -0.2) is 0 Å². The summed E-state index contributed by atoms with van der Waals surface area (Å²) in [6.45, 7) is 6.90. The quantitative estimate of drug-likeness (QED) is 0.902. The van der Waals surface area contributed by atoms with Gasteiger partial charge in [0.05, 0.1) is 25.0 Å². The normalized spacial score (nSPS) is 23.5. The van der Waals surface area contributed by atoms with Crippen molar-refractivity contribution in [3.63, 3.8) is 0 Å². The molecule has 1 aromatic rings. The van der Waals surface area contributed by atoms with Crippen LogP contribution in [0.3, 0.4) is 0 Å². The van der Waals surface area contributed by atoms with Crippen molar-refractivity contribution >= 4 is 5.69 Å². The number of methoxy groups -OCH3 is 1. The highest BCUT2D eigenvalue weighted by atomic mass is 16.5. The van der Waals surface area contributed by atoms with E-state index in [4.69, 9.17) is 9.47 Å². The average Bonchev–Trinajstić information content (AvgIpc) is 2.37. The van der Waals surface area contributed by atoms with Crippen LogP contribution < -0.4 is 15.0 Å². The van der Waals surface area contributed by atoms with Crippen LogP contribution in [0.15, 0.2) is 18.2 Å². The molecule has 0 spiro atoms. The van der Waals surface area contributed by atoms with Gasteiger partial charge in [-0.1, -0.05) is 6.07 Å². The smallest absolute Gasteiger partial charge is 0.142 e. The van der Waals surface area contributed by atoms with Crippen molar-refractivity contribution in [2.75, 3.05) is 32.1 Å². The standard InChI is InChI=1S/C15H24N2O2/c1-11-9-17(10-12(2)19-11)14-6-5-13(8-16-3)7-15(14)18-4/h5-7,11-12,16H,8-10H2,1-4H3. The number of hydrogen-bond donors (Lipinski definition) is 1. The lowest BCUT2D eigenvalue weighted by atomic mass is 10.1. The summed E-state index contributed by atoms with van der Waals surface area (Å²) >= 11 is 0. The molecule has 4 heteroatoms. The van der Waals surface area contributed by atoms with Gasteiger partial charge in [-0.2, -0.15) is 0 Å². The fraction of sp³-hybridized carbons (Fsp3) is 0.600. The van der Waals surface area contributed by atoms with Crippen LogP contribution in [-0.4, -0.2) is 39.5 Å². The fourth-order valence-electron chi connectivity index (χ4n) is 2.67. The zero-order chi connectivity index (χ0) is 13.8. The molecular weight excluding hydrogens is 240 g/mol. The van der Waals surface area contributed by atoms with Crippen LogP contribution in [0.5, 0.6) is 5.75 Å². The zero-order valence-corrected chi connectivity index (χ0v) is 12.3. The van der Waals surface area contributed by atoms with E-state index < -0.39 is 0 Å². The minimum Gasteiger partial charge on any atom is -0.495 e. The topological polar surface area (TPSA) is 33.7 Å². The van der Waals surface area contributed by atoms with Crippen LogP contribution in [0.1, 0.15) is 19.4 Å². The van der Waals surface area contributed by atoms with Gasteiger partial charge >= 0.3 is 0 Å². The SMILES string of the molecule is CNCc1ccc(N2CC(C)OC(C)C2)c(OC)c1. The van der Waals surface area contributed by atoms with E-state index >= 15 is 0 Å². The Morgan fingerprint density at radius 2 is 2.00 bits per heavy atom. The molecule has 1 fully saturated rings. The first-order chi connectivity index (χ1) is 9.13. The van der Waals surface area contributed by atoms with E-state index in [-0.39, 0.29) is 12.2 Å². The maximum absolute atomic E-state index is 5.78. The first-order valence-electron chi connectivity index (χ1n) is 6.86. The number of morpholine rings is 1. The average molecular weight is 264 g/mol. The van der Waals surface area contributed by atoms with E-state index in [9.17, 15) is 0 Å². The number of ether oxygens (including phenoxy) is 2. The van der Waals surface area contributed by atoms with Crippen LogP contribution in [0, 0.1) is 0 Å². The fourth-order valence-corrected chi connectivity index (χ4v) is 2.67. The van der Waals surface area contributed by atoms with E-state index in [1.54, 1.807) is 7.11 Å². The molecule has 1 aliphatic heterocycles. The lowest BCUT2D eigenvalue weighted by molar-refractivity contribution is -0.00532. The maximum atomic E-state index is 5.78. The lowest BCUT2D eigenvalue weighted by Gasteiger charge is -2.37. The van der Waals surface area contributed by atoms with Crippen molar-refractivity contribution in [2.24, 2.45) is 0 Å². The summed E-state index contributed by atoms with van der Waals surface area (Å²) < 4.78 is 11.3. The third-order valence-electron chi connectivity index (χ3n) is 3.39. The Hall–Kier alpha value is -1.26. The number of benzene rings is 1. The van der Waals surface area contributed by atoms with E-state index in [0.29, 0.717) is 0 Å². The largest absolute Gasteiger partial charge is 0.495 e. The second-order valence-corrected chi connectivity index (χ2v) is 5.20. The molecule has 4 nitrogen and oxygen atoms in total. The van der Waals surface area contributed by atoms with Gasteiger partial charge in [0.15, 0.2) is 0 Å². The molecule has 0 aromatic heterocycles. The Morgan fingerprint density at radius 3 is 2.58 bits per heavy atom.